The Labute approximate surface area is 115 Å². The van der Waals surface area contributed by atoms with Crippen molar-refractivity contribution < 1.29 is 19.4 Å². The molecule has 0 spiro atoms. The van der Waals surface area contributed by atoms with Gasteiger partial charge in [-0.2, -0.15) is 0 Å². The van der Waals surface area contributed by atoms with Crippen molar-refractivity contribution in [2.24, 2.45) is 0 Å². The van der Waals surface area contributed by atoms with Gasteiger partial charge in [-0.1, -0.05) is 0 Å². The van der Waals surface area contributed by atoms with Gasteiger partial charge in [-0.15, -0.1) is 0 Å². The van der Waals surface area contributed by atoms with E-state index in [1.807, 2.05) is 0 Å². The van der Waals surface area contributed by atoms with Gasteiger partial charge in [0.05, 0.1) is 23.2 Å². The molecule has 0 radical (unpaired) electrons. The van der Waals surface area contributed by atoms with Crippen LogP contribution in [0.25, 0.3) is 11.0 Å². The van der Waals surface area contributed by atoms with Crippen LogP contribution in [-0.2, 0) is 9.53 Å². The standard InChI is InChI=1S/C13H15N3O4/c1-3-20-12(19)8-4-5-9-10(6-8)16-13(15-9)14-7(2)11(17)18/h4-7H,3H2,1-2H3,(H,17,18)(H2,14,15,16). The highest BCUT2D eigenvalue weighted by Crippen LogP contribution is 2.17. The SMILES string of the molecule is CCOC(=O)c1ccc2nc(NC(C)C(=O)O)[nH]c2c1. The highest BCUT2D eigenvalue weighted by atomic mass is 16.5. The van der Waals surface area contributed by atoms with Crippen molar-refractivity contribution in [3.8, 4) is 0 Å². The molecule has 2 aromatic rings. The van der Waals surface area contributed by atoms with Gasteiger partial charge >= 0.3 is 11.9 Å². The number of fused-ring (bicyclic) bond motifs is 1. The number of nitrogens with one attached hydrogen (secondary N) is 2. The van der Waals surface area contributed by atoms with Crippen LogP contribution >= 0.6 is 0 Å². The Morgan fingerprint density at radius 1 is 1.50 bits per heavy atom. The number of nitrogens with zero attached hydrogens (tertiary/aromatic N) is 1. The summed E-state index contributed by atoms with van der Waals surface area (Å²) in [7, 11) is 0. The van der Waals surface area contributed by atoms with Crippen LogP contribution in [-0.4, -0.2) is 39.7 Å². The molecule has 0 saturated heterocycles. The molecule has 1 aromatic heterocycles. The second-order valence-electron chi connectivity index (χ2n) is 4.24. The van der Waals surface area contributed by atoms with Gasteiger partial charge in [0.15, 0.2) is 0 Å². The van der Waals surface area contributed by atoms with E-state index in [9.17, 15) is 9.59 Å². The molecule has 20 heavy (non-hydrogen) atoms. The number of carbonyl (C=O) groups excluding carboxylic acids is 1. The summed E-state index contributed by atoms with van der Waals surface area (Å²) in [6.07, 6.45) is 0. The molecular formula is C13H15N3O4. The minimum absolute atomic E-state index is 0.308. The molecule has 2 rings (SSSR count). The first kappa shape index (κ1) is 13.9. The van der Waals surface area contributed by atoms with Crippen LogP contribution in [0.15, 0.2) is 18.2 Å². The van der Waals surface area contributed by atoms with Crippen molar-refractivity contribution in [3.05, 3.63) is 23.8 Å². The van der Waals surface area contributed by atoms with Gasteiger partial charge in [0, 0.05) is 0 Å². The highest BCUT2D eigenvalue weighted by molar-refractivity contribution is 5.94. The Kier molecular flexibility index (Phi) is 3.88. The zero-order valence-corrected chi connectivity index (χ0v) is 11.1. The number of ether oxygens (including phenoxy) is 1. The lowest BCUT2D eigenvalue weighted by atomic mass is 10.2. The monoisotopic (exact) mass is 277 g/mol. The van der Waals surface area contributed by atoms with Crippen LogP contribution in [0.1, 0.15) is 24.2 Å². The molecule has 0 aliphatic rings. The average Bonchev–Trinajstić information content (AvgIpc) is 2.79. The largest absolute Gasteiger partial charge is 0.480 e. The summed E-state index contributed by atoms with van der Waals surface area (Å²) in [5, 5.41) is 11.6. The van der Waals surface area contributed by atoms with E-state index in [1.165, 1.54) is 6.92 Å². The quantitative estimate of drug-likeness (QED) is 0.717. The molecule has 1 unspecified atom stereocenters. The van der Waals surface area contributed by atoms with E-state index >= 15 is 0 Å². The number of aliphatic carboxylic acids is 1. The fourth-order valence-electron chi connectivity index (χ4n) is 1.69. The van der Waals surface area contributed by atoms with Crippen LogP contribution < -0.4 is 5.32 Å². The minimum atomic E-state index is -0.974. The number of carboxylic acid groups (broad SMARTS) is 1. The van der Waals surface area contributed by atoms with E-state index in [0.29, 0.717) is 29.2 Å². The van der Waals surface area contributed by atoms with Gasteiger partial charge in [-0.3, -0.25) is 4.79 Å². The van der Waals surface area contributed by atoms with Crippen molar-refractivity contribution in [2.75, 3.05) is 11.9 Å². The molecule has 1 heterocycles. The first-order chi connectivity index (χ1) is 9.51. The second-order valence-corrected chi connectivity index (χ2v) is 4.24. The van der Waals surface area contributed by atoms with E-state index in [-0.39, 0.29) is 0 Å². The number of anilines is 1. The second kappa shape index (κ2) is 5.60. The maximum atomic E-state index is 11.6. The lowest BCUT2D eigenvalue weighted by molar-refractivity contribution is -0.137. The first-order valence-corrected chi connectivity index (χ1v) is 6.17. The number of rotatable bonds is 5. The lowest BCUT2D eigenvalue weighted by Crippen LogP contribution is -2.25. The van der Waals surface area contributed by atoms with E-state index in [0.717, 1.165) is 0 Å². The fourth-order valence-corrected chi connectivity index (χ4v) is 1.69. The van der Waals surface area contributed by atoms with Crippen molar-refractivity contribution in [1.29, 1.82) is 0 Å². The van der Waals surface area contributed by atoms with Crippen molar-refractivity contribution in [1.82, 2.24) is 9.97 Å². The molecule has 106 valence electrons. The molecule has 0 aliphatic heterocycles. The molecule has 0 fully saturated rings. The van der Waals surface area contributed by atoms with Gasteiger partial charge in [-0.25, -0.2) is 9.78 Å². The zero-order valence-electron chi connectivity index (χ0n) is 11.1. The van der Waals surface area contributed by atoms with Crippen LogP contribution in [0.5, 0.6) is 0 Å². The number of esters is 1. The summed E-state index contributed by atoms with van der Waals surface area (Å²) in [4.78, 5) is 29.5. The third kappa shape index (κ3) is 2.87. The Hall–Kier alpha value is -2.57. The maximum Gasteiger partial charge on any atom is 0.338 e. The van der Waals surface area contributed by atoms with Crippen molar-refractivity contribution in [3.63, 3.8) is 0 Å². The van der Waals surface area contributed by atoms with Gasteiger partial charge in [0.1, 0.15) is 6.04 Å². The smallest absolute Gasteiger partial charge is 0.338 e. The fraction of sp³-hybridized carbons (Fsp3) is 0.308. The zero-order chi connectivity index (χ0) is 14.7. The predicted molar refractivity (Wildman–Crippen MR) is 72.8 cm³/mol. The van der Waals surface area contributed by atoms with E-state index in [4.69, 9.17) is 9.84 Å². The third-order valence-corrected chi connectivity index (χ3v) is 2.72. The predicted octanol–water partition coefficient (Wildman–Crippen LogP) is 1.62. The third-order valence-electron chi connectivity index (χ3n) is 2.72. The number of aromatic nitrogens is 2. The summed E-state index contributed by atoms with van der Waals surface area (Å²) < 4.78 is 4.91. The number of hydrogen-bond acceptors (Lipinski definition) is 5. The van der Waals surface area contributed by atoms with Crippen LogP contribution in [0, 0.1) is 0 Å². The highest BCUT2D eigenvalue weighted by Gasteiger charge is 2.13. The van der Waals surface area contributed by atoms with Gasteiger partial charge < -0.3 is 20.1 Å². The number of carboxylic acids is 1. The Morgan fingerprint density at radius 3 is 2.90 bits per heavy atom. The summed E-state index contributed by atoms with van der Waals surface area (Å²) in [6.45, 7) is 3.56. The van der Waals surface area contributed by atoms with Gasteiger partial charge in [-0.05, 0) is 32.0 Å². The summed E-state index contributed by atoms with van der Waals surface area (Å²) in [6, 6.07) is 4.15. The van der Waals surface area contributed by atoms with Crippen molar-refractivity contribution in [2.45, 2.75) is 19.9 Å². The maximum absolute atomic E-state index is 11.6. The topological polar surface area (TPSA) is 104 Å². The van der Waals surface area contributed by atoms with Crippen LogP contribution in [0.2, 0.25) is 0 Å². The van der Waals surface area contributed by atoms with Crippen LogP contribution in [0.4, 0.5) is 5.95 Å². The van der Waals surface area contributed by atoms with Gasteiger partial charge in [0.25, 0.3) is 0 Å². The lowest BCUT2D eigenvalue weighted by Gasteiger charge is -2.06. The molecule has 1 aromatic carbocycles. The average molecular weight is 277 g/mol. The summed E-state index contributed by atoms with van der Waals surface area (Å²) in [5.74, 6) is -1.04. The number of hydrogen-bond donors (Lipinski definition) is 3. The van der Waals surface area contributed by atoms with E-state index in [2.05, 4.69) is 15.3 Å². The molecule has 7 nitrogen and oxygen atoms in total. The van der Waals surface area contributed by atoms with Crippen LogP contribution in [0.3, 0.4) is 0 Å². The van der Waals surface area contributed by atoms with Crippen molar-refractivity contribution >= 4 is 28.9 Å². The Balaban J connectivity index is 2.26. The normalized spacial score (nSPS) is 12.1. The molecule has 0 saturated carbocycles. The van der Waals surface area contributed by atoms with E-state index < -0.39 is 18.0 Å². The van der Waals surface area contributed by atoms with E-state index in [1.54, 1.807) is 25.1 Å². The molecule has 3 N–H and O–H groups in total. The Bertz CT molecular complexity index is 650. The molecular weight excluding hydrogens is 262 g/mol. The minimum Gasteiger partial charge on any atom is -0.480 e. The number of benzene rings is 1. The molecule has 1 atom stereocenters. The molecule has 0 aliphatic carbocycles. The molecule has 7 heteroatoms. The number of aromatic amines is 1. The number of imidazole rings is 1. The summed E-state index contributed by atoms with van der Waals surface area (Å²) >= 11 is 0. The number of H-pyrrole nitrogens is 1. The Morgan fingerprint density at radius 2 is 2.25 bits per heavy atom. The summed E-state index contributed by atoms with van der Waals surface area (Å²) in [5.41, 5.74) is 1.69. The number of carbonyl (C=O) groups is 2. The first-order valence-electron chi connectivity index (χ1n) is 6.17. The van der Waals surface area contributed by atoms with Gasteiger partial charge in [0.2, 0.25) is 5.95 Å². The molecule has 0 bridgehead atoms. The molecule has 0 amide bonds.